The average Bonchev–Trinajstić information content (AvgIpc) is 2.37. The molecule has 0 aromatic heterocycles. The zero-order valence-corrected chi connectivity index (χ0v) is 15.1. The zero-order valence-electron chi connectivity index (χ0n) is 12.7. The molecular formula is C16H25BrN2S. The molecule has 0 aliphatic carbocycles. The highest BCUT2D eigenvalue weighted by molar-refractivity contribution is 9.10. The molecule has 1 heterocycles. The second-order valence-corrected chi connectivity index (χ2v) is 8.89. The van der Waals surface area contributed by atoms with Gasteiger partial charge >= 0.3 is 0 Å². The molecule has 4 heteroatoms. The molecule has 0 saturated carbocycles. The maximum absolute atomic E-state index is 6.17. The minimum Gasteiger partial charge on any atom is -0.369 e. The van der Waals surface area contributed by atoms with Crippen LogP contribution in [0.3, 0.4) is 0 Å². The third kappa shape index (κ3) is 4.15. The van der Waals surface area contributed by atoms with Crippen LogP contribution >= 0.6 is 27.7 Å². The van der Waals surface area contributed by atoms with Crippen LogP contribution in [-0.2, 0) is 6.42 Å². The Morgan fingerprint density at radius 3 is 2.85 bits per heavy atom. The molecule has 0 amide bonds. The largest absolute Gasteiger partial charge is 0.369 e. The fourth-order valence-corrected chi connectivity index (χ4v) is 4.19. The molecule has 20 heavy (non-hydrogen) atoms. The summed E-state index contributed by atoms with van der Waals surface area (Å²) in [5, 5.41) is 0. The highest BCUT2D eigenvalue weighted by Gasteiger charge is 2.28. The molecular weight excluding hydrogens is 332 g/mol. The van der Waals surface area contributed by atoms with E-state index in [1.807, 2.05) is 0 Å². The predicted molar refractivity (Wildman–Crippen MR) is 94.9 cm³/mol. The molecule has 1 saturated heterocycles. The van der Waals surface area contributed by atoms with Crippen LogP contribution in [0.5, 0.6) is 0 Å². The second kappa shape index (κ2) is 6.71. The molecule has 112 valence electrons. The van der Waals surface area contributed by atoms with Gasteiger partial charge in [-0.1, -0.05) is 22.9 Å². The van der Waals surface area contributed by atoms with Gasteiger partial charge in [-0.25, -0.2) is 0 Å². The van der Waals surface area contributed by atoms with E-state index >= 15 is 0 Å². The summed E-state index contributed by atoms with van der Waals surface area (Å²) >= 11 is 5.66. The van der Waals surface area contributed by atoms with Crippen LogP contribution in [0.2, 0.25) is 0 Å². The lowest BCUT2D eigenvalue weighted by Crippen LogP contribution is -2.43. The maximum atomic E-state index is 6.17. The summed E-state index contributed by atoms with van der Waals surface area (Å²) < 4.78 is 1.47. The van der Waals surface area contributed by atoms with Gasteiger partial charge < -0.3 is 10.6 Å². The molecule has 1 aromatic carbocycles. The van der Waals surface area contributed by atoms with Gasteiger partial charge in [-0.2, -0.15) is 11.8 Å². The SMILES string of the molecule is CCC(N)Cc1cc(Br)ccc1N1CCSC(C)(C)C1. The van der Waals surface area contributed by atoms with Crippen molar-refractivity contribution in [3.8, 4) is 0 Å². The first kappa shape index (κ1) is 16.2. The molecule has 1 aliphatic heterocycles. The Morgan fingerprint density at radius 1 is 1.45 bits per heavy atom. The Hall–Kier alpha value is -0.190. The van der Waals surface area contributed by atoms with Crippen molar-refractivity contribution in [1.29, 1.82) is 0 Å². The molecule has 2 nitrogen and oxygen atoms in total. The first-order chi connectivity index (χ1) is 9.41. The lowest BCUT2D eigenvalue weighted by molar-refractivity contribution is 0.628. The summed E-state index contributed by atoms with van der Waals surface area (Å²) in [4.78, 5) is 2.53. The standard InChI is InChI=1S/C16H25BrN2S/c1-4-14(18)10-12-9-13(17)5-6-15(12)19-7-8-20-16(2,3)11-19/h5-6,9,14H,4,7-8,10-11,18H2,1-3H3. The van der Waals surface area contributed by atoms with E-state index in [4.69, 9.17) is 5.73 Å². The third-order valence-corrected chi connectivity index (χ3v) is 5.60. The van der Waals surface area contributed by atoms with Gasteiger partial charge in [0, 0.05) is 39.8 Å². The van der Waals surface area contributed by atoms with Crippen LogP contribution in [0.4, 0.5) is 5.69 Å². The van der Waals surface area contributed by atoms with Gasteiger partial charge in [-0.15, -0.1) is 0 Å². The van der Waals surface area contributed by atoms with E-state index in [0.29, 0.717) is 4.75 Å². The first-order valence-corrected chi connectivity index (χ1v) is 9.12. The number of thioether (sulfide) groups is 1. The van der Waals surface area contributed by atoms with Gasteiger partial charge in [0.2, 0.25) is 0 Å². The number of hydrogen-bond acceptors (Lipinski definition) is 3. The van der Waals surface area contributed by atoms with E-state index in [-0.39, 0.29) is 6.04 Å². The fourth-order valence-electron chi connectivity index (χ4n) is 2.67. The average molecular weight is 357 g/mol. The van der Waals surface area contributed by atoms with Gasteiger partial charge in [-0.05, 0) is 50.5 Å². The molecule has 1 atom stereocenters. The Balaban J connectivity index is 2.26. The Morgan fingerprint density at radius 2 is 2.20 bits per heavy atom. The summed E-state index contributed by atoms with van der Waals surface area (Å²) in [6, 6.07) is 6.87. The van der Waals surface area contributed by atoms with Crippen molar-refractivity contribution in [2.45, 2.75) is 44.4 Å². The molecule has 2 N–H and O–H groups in total. The van der Waals surface area contributed by atoms with Crippen molar-refractivity contribution in [3.05, 3.63) is 28.2 Å². The number of benzene rings is 1. The highest BCUT2D eigenvalue weighted by Crippen LogP contribution is 2.34. The molecule has 0 radical (unpaired) electrons. The smallest absolute Gasteiger partial charge is 0.0400 e. The van der Waals surface area contributed by atoms with E-state index in [0.717, 1.165) is 30.4 Å². The number of halogens is 1. The van der Waals surface area contributed by atoms with Gasteiger partial charge in [-0.3, -0.25) is 0 Å². The van der Waals surface area contributed by atoms with E-state index in [1.165, 1.54) is 17.0 Å². The normalized spacial score (nSPS) is 19.9. The minimum absolute atomic E-state index is 0.246. The number of nitrogens with zero attached hydrogens (tertiary/aromatic N) is 1. The van der Waals surface area contributed by atoms with Crippen molar-refractivity contribution in [1.82, 2.24) is 0 Å². The number of nitrogens with two attached hydrogens (primary N) is 1. The molecule has 1 unspecified atom stereocenters. The lowest BCUT2D eigenvalue weighted by Gasteiger charge is -2.40. The Kier molecular flexibility index (Phi) is 5.43. The monoisotopic (exact) mass is 356 g/mol. The summed E-state index contributed by atoms with van der Waals surface area (Å²) in [6.07, 6.45) is 1.97. The van der Waals surface area contributed by atoms with Gasteiger partial charge in [0.1, 0.15) is 0 Å². The van der Waals surface area contributed by atoms with Crippen molar-refractivity contribution in [2.24, 2.45) is 5.73 Å². The molecule has 0 bridgehead atoms. The summed E-state index contributed by atoms with van der Waals surface area (Å²) in [6.45, 7) is 9.06. The first-order valence-electron chi connectivity index (χ1n) is 7.34. The number of rotatable bonds is 4. The number of anilines is 1. The second-order valence-electron chi connectivity index (χ2n) is 6.18. The minimum atomic E-state index is 0.246. The Bertz CT molecular complexity index is 462. The Labute approximate surface area is 135 Å². The van der Waals surface area contributed by atoms with E-state index in [2.05, 4.69) is 71.6 Å². The van der Waals surface area contributed by atoms with E-state index < -0.39 is 0 Å². The summed E-state index contributed by atoms with van der Waals surface area (Å²) in [7, 11) is 0. The summed E-state index contributed by atoms with van der Waals surface area (Å²) in [5.41, 5.74) is 8.91. The van der Waals surface area contributed by atoms with Crippen molar-refractivity contribution < 1.29 is 0 Å². The van der Waals surface area contributed by atoms with E-state index in [1.54, 1.807) is 0 Å². The van der Waals surface area contributed by atoms with Crippen LogP contribution in [-0.4, -0.2) is 29.6 Å². The molecule has 1 fully saturated rings. The van der Waals surface area contributed by atoms with Crippen LogP contribution < -0.4 is 10.6 Å². The molecule has 2 rings (SSSR count). The van der Waals surface area contributed by atoms with Crippen molar-refractivity contribution >= 4 is 33.4 Å². The van der Waals surface area contributed by atoms with Crippen LogP contribution in [0.1, 0.15) is 32.8 Å². The highest BCUT2D eigenvalue weighted by atomic mass is 79.9. The zero-order chi connectivity index (χ0) is 14.8. The van der Waals surface area contributed by atoms with Gasteiger partial charge in [0.15, 0.2) is 0 Å². The number of hydrogen-bond donors (Lipinski definition) is 1. The maximum Gasteiger partial charge on any atom is 0.0400 e. The van der Waals surface area contributed by atoms with Gasteiger partial charge in [0.25, 0.3) is 0 Å². The van der Waals surface area contributed by atoms with Crippen LogP contribution in [0, 0.1) is 0 Å². The third-order valence-electron chi connectivity index (χ3n) is 3.81. The van der Waals surface area contributed by atoms with Crippen molar-refractivity contribution in [2.75, 3.05) is 23.7 Å². The topological polar surface area (TPSA) is 29.3 Å². The van der Waals surface area contributed by atoms with Gasteiger partial charge in [0.05, 0.1) is 0 Å². The lowest BCUT2D eigenvalue weighted by atomic mass is 10.0. The molecule has 1 aliphatic rings. The van der Waals surface area contributed by atoms with Crippen LogP contribution in [0.25, 0.3) is 0 Å². The quantitative estimate of drug-likeness (QED) is 0.881. The summed E-state index contributed by atoms with van der Waals surface area (Å²) in [5.74, 6) is 1.20. The fraction of sp³-hybridized carbons (Fsp3) is 0.625. The van der Waals surface area contributed by atoms with Crippen LogP contribution in [0.15, 0.2) is 22.7 Å². The van der Waals surface area contributed by atoms with Crippen molar-refractivity contribution in [3.63, 3.8) is 0 Å². The van der Waals surface area contributed by atoms with E-state index in [9.17, 15) is 0 Å². The molecule has 0 spiro atoms. The predicted octanol–water partition coefficient (Wildman–Crippen LogP) is 4.06. The molecule has 1 aromatic rings.